The summed E-state index contributed by atoms with van der Waals surface area (Å²) in [5.41, 5.74) is 4.82. The Balaban J connectivity index is 0.00000220. The van der Waals surface area contributed by atoms with Crippen LogP contribution in [0, 0.1) is 0 Å². The number of phenolic OH excluding ortho intramolecular Hbond substituents is 2. The van der Waals surface area contributed by atoms with Gasteiger partial charge in [0.2, 0.25) is 0 Å². The van der Waals surface area contributed by atoms with Crippen LogP contribution in [0.3, 0.4) is 0 Å². The Morgan fingerprint density at radius 3 is 1.19 bits per heavy atom. The maximum atomic E-state index is 9.41. The highest BCUT2D eigenvalue weighted by Crippen LogP contribution is 2.32. The number of hydrogen-bond acceptors (Lipinski definition) is 2. The van der Waals surface area contributed by atoms with Gasteiger partial charge in [0.05, 0.1) is 0 Å². The molecule has 0 saturated heterocycles. The van der Waals surface area contributed by atoms with Crippen molar-refractivity contribution in [2.45, 2.75) is 26.7 Å². The van der Waals surface area contributed by atoms with Gasteiger partial charge >= 0.3 is 0 Å². The Morgan fingerprint density at radius 2 is 0.952 bits per heavy atom. The van der Waals surface area contributed by atoms with Gasteiger partial charge in [0.15, 0.2) is 0 Å². The van der Waals surface area contributed by atoms with Gasteiger partial charge in [0, 0.05) is 0 Å². The van der Waals surface area contributed by atoms with Crippen molar-refractivity contribution in [2.75, 3.05) is 0 Å². The average Bonchev–Trinajstić information content (AvgIpc) is 2.47. The van der Waals surface area contributed by atoms with Crippen molar-refractivity contribution in [3.05, 3.63) is 59.7 Å². The van der Waals surface area contributed by atoms with Crippen molar-refractivity contribution in [3.8, 4) is 11.5 Å². The highest BCUT2D eigenvalue weighted by atomic mass is 32.1. The van der Waals surface area contributed by atoms with Crippen molar-refractivity contribution in [1.29, 1.82) is 0 Å². The molecule has 3 heteroatoms. The molecular weight excluding hydrogens is 280 g/mol. The highest BCUT2D eigenvalue weighted by Gasteiger charge is 2.09. The van der Waals surface area contributed by atoms with E-state index in [2.05, 4.69) is 13.8 Å². The Kier molecular flexibility index (Phi) is 6.38. The molecule has 0 spiro atoms. The van der Waals surface area contributed by atoms with Crippen molar-refractivity contribution in [2.24, 2.45) is 0 Å². The molecule has 2 aromatic rings. The first-order valence-corrected chi connectivity index (χ1v) is 6.96. The van der Waals surface area contributed by atoms with E-state index in [1.165, 1.54) is 11.1 Å². The second kappa shape index (κ2) is 7.79. The summed E-state index contributed by atoms with van der Waals surface area (Å²) < 4.78 is 0. The fourth-order valence-electron chi connectivity index (χ4n) is 2.51. The van der Waals surface area contributed by atoms with Crippen LogP contribution in [0.5, 0.6) is 11.5 Å². The summed E-state index contributed by atoms with van der Waals surface area (Å²) in [4.78, 5) is 0. The van der Waals surface area contributed by atoms with Gasteiger partial charge in [-0.1, -0.05) is 38.1 Å². The van der Waals surface area contributed by atoms with E-state index in [4.69, 9.17) is 0 Å². The number of benzene rings is 2. The molecular formula is C18H22O2S. The lowest BCUT2D eigenvalue weighted by Crippen LogP contribution is -1.91. The molecule has 21 heavy (non-hydrogen) atoms. The van der Waals surface area contributed by atoms with Crippen LogP contribution in [-0.2, 0) is 0 Å². The molecule has 112 valence electrons. The fraction of sp³-hybridized carbons (Fsp3) is 0.222. The van der Waals surface area contributed by atoms with Gasteiger partial charge in [-0.15, -0.1) is 0 Å². The van der Waals surface area contributed by atoms with E-state index in [0.29, 0.717) is 0 Å². The summed E-state index contributed by atoms with van der Waals surface area (Å²) in [7, 11) is 0. The first-order valence-electron chi connectivity index (χ1n) is 6.96. The third kappa shape index (κ3) is 4.05. The summed E-state index contributed by atoms with van der Waals surface area (Å²) in [6.45, 7) is 4.27. The van der Waals surface area contributed by atoms with Crippen LogP contribution < -0.4 is 0 Å². The smallest absolute Gasteiger partial charge is 0.115 e. The lowest BCUT2D eigenvalue weighted by molar-refractivity contribution is 0.474. The summed E-state index contributed by atoms with van der Waals surface area (Å²) in [5.74, 6) is 0.568. The molecule has 0 aromatic heterocycles. The maximum Gasteiger partial charge on any atom is 0.115 e. The molecule has 0 aliphatic heterocycles. The monoisotopic (exact) mass is 302 g/mol. The molecule has 0 fully saturated rings. The zero-order chi connectivity index (χ0) is 14.5. The average molecular weight is 302 g/mol. The summed E-state index contributed by atoms with van der Waals surface area (Å²) in [6, 6.07) is 14.7. The van der Waals surface area contributed by atoms with Gasteiger partial charge in [0.1, 0.15) is 11.5 Å². The zero-order valence-electron chi connectivity index (χ0n) is 12.4. The third-order valence-electron chi connectivity index (χ3n) is 3.50. The first-order chi connectivity index (χ1) is 9.65. The standard InChI is InChI=1S/C18H20O2.H2S/c1-3-17(13-5-9-15(19)10-6-13)18(4-2)14-7-11-16(20)12-8-14;/h5-12,19-20H,3-4H2,1-2H3;1H2/b18-17+;. The van der Waals surface area contributed by atoms with Gasteiger partial charge < -0.3 is 10.2 Å². The minimum absolute atomic E-state index is 0. The number of hydrogen-bond donors (Lipinski definition) is 2. The Morgan fingerprint density at radius 1 is 0.667 bits per heavy atom. The number of rotatable bonds is 4. The van der Waals surface area contributed by atoms with Crippen molar-refractivity contribution in [1.82, 2.24) is 0 Å². The lowest BCUT2D eigenvalue weighted by Gasteiger charge is -2.14. The van der Waals surface area contributed by atoms with E-state index in [9.17, 15) is 10.2 Å². The topological polar surface area (TPSA) is 40.5 Å². The maximum absolute atomic E-state index is 9.41. The summed E-state index contributed by atoms with van der Waals surface area (Å²) in [6.07, 6.45) is 1.85. The predicted molar refractivity (Wildman–Crippen MR) is 94.0 cm³/mol. The van der Waals surface area contributed by atoms with E-state index in [-0.39, 0.29) is 25.0 Å². The minimum Gasteiger partial charge on any atom is -0.508 e. The van der Waals surface area contributed by atoms with Crippen molar-refractivity contribution >= 4 is 24.6 Å². The van der Waals surface area contributed by atoms with Crippen molar-refractivity contribution in [3.63, 3.8) is 0 Å². The van der Waals surface area contributed by atoms with Gasteiger partial charge in [-0.05, 0) is 59.4 Å². The molecule has 2 nitrogen and oxygen atoms in total. The van der Waals surface area contributed by atoms with Crippen LogP contribution in [0.25, 0.3) is 11.1 Å². The lowest BCUT2D eigenvalue weighted by atomic mass is 9.91. The number of aromatic hydroxyl groups is 2. The van der Waals surface area contributed by atoms with Crippen molar-refractivity contribution < 1.29 is 10.2 Å². The molecule has 0 heterocycles. The van der Waals surface area contributed by atoms with Crippen LogP contribution in [-0.4, -0.2) is 10.2 Å². The molecule has 0 saturated carbocycles. The summed E-state index contributed by atoms with van der Waals surface area (Å²) >= 11 is 0. The molecule has 2 N–H and O–H groups in total. The zero-order valence-corrected chi connectivity index (χ0v) is 13.4. The molecule has 0 aliphatic carbocycles. The third-order valence-corrected chi connectivity index (χ3v) is 3.50. The fourth-order valence-corrected chi connectivity index (χ4v) is 2.51. The van der Waals surface area contributed by atoms with Gasteiger partial charge in [0.25, 0.3) is 0 Å². The number of allylic oxidation sites excluding steroid dienone is 2. The normalized spacial score (nSPS) is 11.5. The summed E-state index contributed by atoms with van der Waals surface area (Å²) in [5, 5.41) is 18.8. The molecule has 2 rings (SSSR count). The van der Waals surface area contributed by atoms with Gasteiger partial charge in [-0.3, -0.25) is 0 Å². The molecule has 0 aliphatic rings. The van der Waals surface area contributed by atoms with Crippen LogP contribution in [0.4, 0.5) is 0 Å². The molecule has 0 radical (unpaired) electrons. The first kappa shape index (κ1) is 17.2. The van der Waals surface area contributed by atoms with E-state index in [1.54, 1.807) is 24.3 Å². The quantitative estimate of drug-likeness (QED) is 0.785. The minimum atomic E-state index is 0. The van der Waals surface area contributed by atoms with E-state index < -0.39 is 0 Å². The Bertz CT molecular complexity index is 543. The van der Waals surface area contributed by atoms with Crippen LogP contribution >= 0.6 is 13.5 Å². The highest BCUT2D eigenvalue weighted by molar-refractivity contribution is 7.59. The number of phenols is 2. The largest absolute Gasteiger partial charge is 0.508 e. The van der Waals surface area contributed by atoms with E-state index in [0.717, 1.165) is 24.0 Å². The van der Waals surface area contributed by atoms with Crippen LogP contribution in [0.2, 0.25) is 0 Å². The second-order valence-corrected chi connectivity index (χ2v) is 4.76. The van der Waals surface area contributed by atoms with Crippen LogP contribution in [0.15, 0.2) is 48.5 Å². The molecule has 0 unspecified atom stereocenters. The predicted octanol–water partition coefficient (Wildman–Crippen LogP) is 4.94. The van der Waals surface area contributed by atoms with Crippen LogP contribution in [0.1, 0.15) is 37.8 Å². The SMILES string of the molecule is CC/C(=C(/CC)c1ccc(O)cc1)c1ccc(O)cc1.S. The Hall–Kier alpha value is -1.87. The second-order valence-electron chi connectivity index (χ2n) is 4.76. The molecule has 0 amide bonds. The van der Waals surface area contributed by atoms with Gasteiger partial charge in [-0.25, -0.2) is 0 Å². The Labute approximate surface area is 133 Å². The van der Waals surface area contributed by atoms with Gasteiger partial charge in [-0.2, -0.15) is 13.5 Å². The van der Waals surface area contributed by atoms with E-state index >= 15 is 0 Å². The molecule has 0 atom stereocenters. The molecule has 0 bridgehead atoms. The molecule has 2 aromatic carbocycles. The van der Waals surface area contributed by atoms with E-state index in [1.807, 2.05) is 24.3 Å².